The van der Waals surface area contributed by atoms with Crippen molar-refractivity contribution in [3.8, 4) is 0 Å². The smallest absolute Gasteiger partial charge is 0.266 e. The van der Waals surface area contributed by atoms with Crippen molar-refractivity contribution in [3.05, 3.63) is 47.2 Å². The molecule has 0 radical (unpaired) electrons. The molecule has 8 nitrogen and oxygen atoms in total. The van der Waals surface area contributed by atoms with Crippen LogP contribution in [-0.4, -0.2) is 50.6 Å². The number of hydrogen-bond donors (Lipinski definition) is 1. The summed E-state index contributed by atoms with van der Waals surface area (Å²) in [5.41, 5.74) is 0.682. The second-order valence-electron chi connectivity index (χ2n) is 6.55. The van der Waals surface area contributed by atoms with Crippen molar-refractivity contribution >= 4 is 16.8 Å². The topological polar surface area (TPSA) is 89.1 Å². The van der Waals surface area contributed by atoms with Crippen molar-refractivity contribution in [2.24, 2.45) is 0 Å². The van der Waals surface area contributed by atoms with Gasteiger partial charge in [-0.05, 0) is 31.5 Å². The summed E-state index contributed by atoms with van der Waals surface area (Å²) in [7, 11) is 0. The molecular formula is C18H22N6O2. The van der Waals surface area contributed by atoms with Gasteiger partial charge in [-0.25, -0.2) is 4.68 Å². The van der Waals surface area contributed by atoms with Gasteiger partial charge in [0.15, 0.2) is 11.4 Å². The molecule has 4 rings (SSSR count). The van der Waals surface area contributed by atoms with E-state index in [-0.39, 0.29) is 5.56 Å². The van der Waals surface area contributed by atoms with Crippen molar-refractivity contribution < 1.29 is 4.42 Å². The zero-order valence-electron chi connectivity index (χ0n) is 14.5. The number of fused-ring (bicyclic) bond motifs is 1. The van der Waals surface area contributed by atoms with Gasteiger partial charge in [-0.3, -0.25) is 9.69 Å². The third kappa shape index (κ3) is 3.60. The monoisotopic (exact) mass is 354 g/mol. The molecule has 1 aliphatic heterocycles. The van der Waals surface area contributed by atoms with Gasteiger partial charge in [-0.15, -0.1) is 5.10 Å². The SMILES string of the molecule is O=c1cccnn1CCN1CCCCC1CNc1nncc2ccoc12. The van der Waals surface area contributed by atoms with Crippen molar-refractivity contribution in [1.29, 1.82) is 0 Å². The van der Waals surface area contributed by atoms with Crippen molar-refractivity contribution in [3.63, 3.8) is 0 Å². The number of nitrogens with zero attached hydrogens (tertiary/aromatic N) is 5. The van der Waals surface area contributed by atoms with Crippen molar-refractivity contribution in [2.75, 3.05) is 25.0 Å². The summed E-state index contributed by atoms with van der Waals surface area (Å²) >= 11 is 0. The van der Waals surface area contributed by atoms with E-state index in [2.05, 4.69) is 25.5 Å². The molecule has 26 heavy (non-hydrogen) atoms. The van der Waals surface area contributed by atoms with E-state index in [0.29, 0.717) is 18.4 Å². The fourth-order valence-corrected chi connectivity index (χ4v) is 3.50. The molecule has 0 spiro atoms. The number of rotatable bonds is 6. The van der Waals surface area contributed by atoms with Gasteiger partial charge >= 0.3 is 0 Å². The summed E-state index contributed by atoms with van der Waals surface area (Å²) in [5, 5.41) is 16.7. The molecule has 4 heterocycles. The first-order valence-corrected chi connectivity index (χ1v) is 9.00. The Labute approximate surface area is 150 Å². The lowest BCUT2D eigenvalue weighted by atomic mass is 10.0. The highest BCUT2D eigenvalue weighted by Gasteiger charge is 2.22. The molecule has 0 amide bonds. The molecular weight excluding hydrogens is 332 g/mol. The zero-order valence-corrected chi connectivity index (χ0v) is 14.5. The first-order valence-electron chi connectivity index (χ1n) is 9.00. The summed E-state index contributed by atoms with van der Waals surface area (Å²) in [6.45, 7) is 3.21. The Balaban J connectivity index is 1.40. The van der Waals surface area contributed by atoms with Crippen LogP contribution in [-0.2, 0) is 6.54 Å². The first kappa shape index (κ1) is 16.7. The van der Waals surface area contributed by atoms with Crippen LogP contribution in [0.25, 0.3) is 11.0 Å². The van der Waals surface area contributed by atoms with E-state index in [1.807, 2.05) is 6.07 Å². The van der Waals surface area contributed by atoms with E-state index in [1.54, 1.807) is 30.8 Å². The van der Waals surface area contributed by atoms with E-state index in [0.717, 1.165) is 37.0 Å². The molecule has 0 aliphatic carbocycles. The number of likely N-dealkylation sites (tertiary alicyclic amines) is 1. The van der Waals surface area contributed by atoms with E-state index >= 15 is 0 Å². The highest BCUT2D eigenvalue weighted by Crippen LogP contribution is 2.22. The van der Waals surface area contributed by atoms with E-state index in [9.17, 15) is 4.79 Å². The lowest BCUT2D eigenvalue weighted by Gasteiger charge is -2.35. The third-order valence-corrected chi connectivity index (χ3v) is 4.90. The minimum absolute atomic E-state index is 0.0565. The standard InChI is InChI=1S/C18H22N6O2/c25-16-5-3-7-21-24(16)10-9-23-8-2-1-4-15(23)13-19-18-17-14(6-11-26-17)12-20-22-18/h3,5-7,11-12,15H,1-2,4,8-10,13H2,(H,19,22). The maximum atomic E-state index is 11.8. The molecule has 3 aromatic heterocycles. The van der Waals surface area contributed by atoms with E-state index < -0.39 is 0 Å². The Bertz CT molecular complexity index is 921. The number of hydrogen-bond acceptors (Lipinski definition) is 7. The molecule has 0 aromatic carbocycles. The van der Waals surface area contributed by atoms with Gasteiger partial charge in [0.05, 0.1) is 19.0 Å². The average molecular weight is 354 g/mol. The Kier molecular flexibility index (Phi) is 4.92. The van der Waals surface area contributed by atoms with Crippen molar-refractivity contribution in [1.82, 2.24) is 24.9 Å². The number of piperidine rings is 1. The van der Waals surface area contributed by atoms with Crippen LogP contribution >= 0.6 is 0 Å². The summed E-state index contributed by atoms with van der Waals surface area (Å²) < 4.78 is 7.03. The van der Waals surface area contributed by atoms with Gasteiger partial charge in [0, 0.05) is 36.8 Å². The van der Waals surface area contributed by atoms with Gasteiger partial charge in [0.25, 0.3) is 5.56 Å². The maximum Gasteiger partial charge on any atom is 0.266 e. The van der Waals surface area contributed by atoms with Gasteiger partial charge in [-0.2, -0.15) is 10.2 Å². The second kappa shape index (κ2) is 7.65. The molecule has 1 atom stereocenters. The molecule has 0 bridgehead atoms. The number of anilines is 1. The molecule has 1 aliphatic rings. The summed E-state index contributed by atoms with van der Waals surface area (Å²) in [6, 6.07) is 5.48. The van der Waals surface area contributed by atoms with Crippen LogP contribution in [0.1, 0.15) is 19.3 Å². The largest absolute Gasteiger partial charge is 0.460 e. The quantitative estimate of drug-likeness (QED) is 0.721. The van der Waals surface area contributed by atoms with Crippen LogP contribution in [0.15, 0.2) is 46.1 Å². The minimum atomic E-state index is -0.0565. The highest BCUT2D eigenvalue weighted by atomic mass is 16.3. The minimum Gasteiger partial charge on any atom is -0.460 e. The zero-order chi connectivity index (χ0) is 17.8. The van der Waals surface area contributed by atoms with Crippen LogP contribution in [0, 0.1) is 0 Å². The molecule has 136 valence electrons. The van der Waals surface area contributed by atoms with E-state index in [4.69, 9.17) is 4.42 Å². The lowest BCUT2D eigenvalue weighted by molar-refractivity contribution is 0.148. The maximum absolute atomic E-state index is 11.8. The molecule has 1 fully saturated rings. The molecule has 8 heteroatoms. The lowest BCUT2D eigenvalue weighted by Crippen LogP contribution is -2.45. The van der Waals surface area contributed by atoms with E-state index in [1.165, 1.54) is 17.5 Å². The first-order chi connectivity index (χ1) is 12.8. The van der Waals surface area contributed by atoms with Crippen LogP contribution < -0.4 is 10.9 Å². The second-order valence-corrected chi connectivity index (χ2v) is 6.55. The van der Waals surface area contributed by atoms with Gasteiger partial charge in [0.1, 0.15) is 0 Å². The van der Waals surface area contributed by atoms with Crippen LogP contribution in [0.2, 0.25) is 0 Å². The summed E-state index contributed by atoms with van der Waals surface area (Å²) in [6.07, 6.45) is 8.51. The van der Waals surface area contributed by atoms with Crippen LogP contribution in [0.4, 0.5) is 5.82 Å². The summed E-state index contributed by atoms with van der Waals surface area (Å²) in [4.78, 5) is 14.3. The Hall–Kier alpha value is -2.74. The van der Waals surface area contributed by atoms with Crippen molar-refractivity contribution in [2.45, 2.75) is 31.8 Å². The number of furan rings is 1. The molecule has 1 saturated heterocycles. The predicted octanol–water partition coefficient (Wildman–Crippen LogP) is 1.75. The average Bonchev–Trinajstić information content (AvgIpc) is 3.16. The van der Waals surface area contributed by atoms with Crippen LogP contribution in [0.5, 0.6) is 0 Å². The fourth-order valence-electron chi connectivity index (χ4n) is 3.50. The molecule has 1 unspecified atom stereocenters. The molecule has 1 N–H and O–H groups in total. The Morgan fingerprint density at radius 1 is 1.27 bits per heavy atom. The number of aromatic nitrogens is 4. The van der Waals surface area contributed by atoms with Gasteiger partial charge in [-0.1, -0.05) is 6.42 Å². The Morgan fingerprint density at radius 3 is 3.15 bits per heavy atom. The fraction of sp³-hybridized carbons (Fsp3) is 0.444. The van der Waals surface area contributed by atoms with Gasteiger partial charge in [0.2, 0.25) is 0 Å². The normalized spacial score (nSPS) is 18.2. The third-order valence-electron chi connectivity index (χ3n) is 4.90. The van der Waals surface area contributed by atoms with Crippen LogP contribution in [0.3, 0.4) is 0 Å². The molecule has 3 aromatic rings. The molecule has 0 saturated carbocycles. The summed E-state index contributed by atoms with van der Waals surface area (Å²) in [5.74, 6) is 0.680. The number of nitrogens with one attached hydrogen (secondary N) is 1. The van der Waals surface area contributed by atoms with Gasteiger partial charge < -0.3 is 9.73 Å². The predicted molar refractivity (Wildman–Crippen MR) is 98.0 cm³/mol. The highest BCUT2D eigenvalue weighted by molar-refractivity contribution is 5.85. The Morgan fingerprint density at radius 2 is 2.23 bits per heavy atom.